The van der Waals surface area contributed by atoms with Crippen LogP contribution in [0, 0.1) is 5.41 Å². The Kier molecular flexibility index (Phi) is 3.36. The molecule has 1 aromatic carbocycles. The zero-order chi connectivity index (χ0) is 12.3. The van der Waals surface area contributed by atoms with Gasteiger partial charge in [0.1, 0.15) is 5.75 Å². The van der Waals surface area contributed by atoms with Crippen molar-refractivity contribution in [3.05, 3.63) is 29.8 Å². The van der Waals surface area contributed by atoms with Crippen LogP contribution in [0.5, 0.6) is 5.75 Å². The first-order chi connectivity index (χ1) is 8.16. The molecule has 0 radical (unpaired) electrons. The number of phenolic OH excluding ortho intramolecular Hbond substituents is 1. The summed E-state index contributed by atoms with van der Waals surface area (Å²) < 4.78 is 5.16. The van der Waals surface area contributed by atoms with Gasteiger partial charge >= 0.3 is 5.97 Å². The van der Waals surface area contributed by atoms with Crippen molar-refractivity contribution in [3.8, 4) is 5.75 Å². The van der Waals surface area contributed by atoms with Gasteiger partial charge in [0.05, 0.1) is 12.0 Å². The number of carbonyl (C=O) groups excluding carboxylic acids is 1. The minimum Gasteiger partial charge on any atom is -0.508 e. The lowest BCUT2D eigenvalue weighted by Gasteiger charge is -2.39. The molecule has 1 fully saturated rings. The highest BCUT2D eigenvalue weighted by molar-refractivity contribution is 5.78. The topological polar surface area (TPSA) is 46.5 Å². The number of esters is 1. The molecule has 3 nitrogen and oxygen atoms in total. The second-order valence-electron chi connectivity index (χ2n) is 4.70. The zero-order valence-corrected chi connectivity index (χ0v) is 10.1. The first kappa shape index (κ1) is 12.0. The third-order valence-electron chi connectivity index (χ3n) is 3.50. The molecule has 0 saturated heterocycles. The third kappa shape index (κ3) is 2.43. The van der Waals surface area contributed by atoms with Crippen LogP contribution in [0.3, 0.4) is 0 Å². The summed E-state index contributed by atoms with van der Waals surface area (Å²) in [5, 5.41) is 9.23. The molecule has 0 heterocycles. The van der Waals surface area contributed by atoms with E-state index in [9.17, 15) is 9.90 Å². The smallest absolute Gasteiger partial charge is 0.312 e. The van der Waals surface area contributed by atoms with E-state index in [0.29, 0.717) is 13.0 Å². The third-order valence-corrected chi connectivity index (χ3v) is 3.50. The molecule has 0 atom stereocenters. The van der Waals surface area contributed by atoms with Crippen LogP contribution in [0.25, 0.3) is 0 Å². The fourth-order valence-corrected chi connectivity index (χ4v) is 2.35. The van der Waals surface area contributed by atoms with E-state index < -0.39 is 0 Å². The van der Waals surface area contributed by atoms with Crippen LogP contribution >= 0.6 is 0 Å². The molecule has 1 aliphatic rings. The largest absolute Gasteiger partial charge is 0.508 e. The Balaban J connectivity index is 2.09. The molecule has 0 unspecified atom stereocenters. The van der Waals surface area contributed by atoms with Crippen molar-refractivity contribution in [1.29, 1.82) is 0 Å². The molecule has 92 valence electrons. The summed E-state index contributed by atoms with van der Waals surface area (Å²) in [6.07, 6.45) is 3.63. The summed E-state index contributed by atoms with van der Waals surface area (Å²) in [5.74, 6) is 0.187. The lowest BCUT2D eigenvalue weighted by atomic mass is 9.65. The lowest BCUT2D eigenvalue weighted by Crippen LogP contribution is -2.41. The Hall–Kier alpha value is -1.51. The van der Waals surface area contributed by atoms with E-state index in [4.69, 9.17) is 4.74 Å². The maximum absolute atomic E-state index is 11.9. The van der Waals surface area contributed by atoms with E-state index in [1.807, 2.05) is 19.1 Å². The van der Waals surface area contributed by atoms with Crippen LogP contribution in [-0.2, 0) is 16.0 Å². The van der Waals surface area contributed by atoms with Gasteiger partial charge in [-0.05, 0) is 43.9 Å². The zero-order valence-electron chi connectivity index (χ0n) is 10.1. The fourth-order valence-electron chi connectivity index (χ4n) is 2.35. The van der Waals surface area contributed by atoms with E-state index in [1.54, 1.807) is 12.1 Å². The summed E-state index contributed by atoms with van der Waals surface area (Å²) in [6.45, 7) is 2.28. The standard InChI is InChI=1S/C14H18O3/c1-2-17-13(16)14(8-3-9-14)10-11-4-6-12(15)7-5-11/h4-7,15H,2-3,8-10H2,1H3. The second kappa shape index (κ2) is 4.78. The number of benzene rings is 1. The minimum absolute atomic E-state index is 0.0701. The minimum atomic E-state index is -0.313. The van der Waals surface area contributed by atoms with Gasteiger partial charge in [-0.15, -0.1) is 0 Å². The van der Waals surface area contributed by atoms with Gasteiger partial charge in [-0.3, -0.25) is 4.79 Å². The average molecular weight is 234 g/mol. The number of phenols is 1. The summed E-state index contributed by atoms with van der Waals surface area (Å²) in [7, 11) is 0. The van der Waals surface area contributed by atoms with Crippen molar-refractivity contribution in [1.82, 2.24) is 0 Å². The molecular weight excluding hydrogens is 216 g/mol. The van der Waals surface area contributed by atoms with Crippen LogP contribution in [0.1, 0.15) is 31.7 Å². The highest BCUT2D eigenvalue weighted by Gasteiger charge is 2.45. The molecular formula is C14H18O3. The van der Waals surface area contributed by atoms with Crippen molar-refractivity contribution in [3.63, 3.8) is 0 Å². The molecule has 3 heteroatoms. The Bertz CT molecular complexity index is 390. The van der Waals surface area contributed by atoms with Gasteiger partial charge in [-0.1, -0.05) is 18.6 Å². The number of aromatic hydroxyl groups is 1. The van der Waals surface area contributed by atoms with Crippen molar-refractivity contribution in [2.75, 3.05) is 6.61 Å². The van der Waals surface area contributed by atoms with E-state index in [1.165, 1.54) is 0 Å². The molecule has 1 aromatic rings. The Morgan fingerprint density at radius 2 is 2.00 bits per heavy atom. The SMILES string of the molecule is CCOC(=O)C1(Cc2ccc(O)cc2)CCC1. The molecule has 0 bridgehead atoms. The molecule has 0 aromatic heterocycles. The van der Waals surface area contributed by atoms with Gasteiger partial charge in [0.15, 0.2) is 0 Å². The maximum atomic E-state index is 11.9. The van der Waals surface area contributed by atoms with Crippen LogP contribution in [0.2, 0.25) is 0 Å². The van der Waals surface area contributed by atoms with Crippen LogP contribution in [-0.4, -0.2) is 17.7 Å². The summed E-state index contributed by atoms with van der Waals surface area (Å²) in [4.78, 5) is 11.9. The number of hydrogen-bond donors (Lipinski definition) is 1. The van der Waals surface area contributed by atoms with Gasteiger partial charge in [0.25, 0.3) is 0 Å². The first-order valence-electron chi connectivity index (χ1n) is 6.11. The van der Waals surface area contributed by atoms with Gasteiger partial charge in [0, 0.05) is 0 Å². The monoisotopic (exact) mass is 234 g/mol. The number of carbonyl (C=O) groups is 1. The number of rotatable bonds is 4. The molecule has 1 aliphatic carbocycles. The summed E-state index contributed by atoms with van der Waals surface area (Å²) >= 11 is 0. The highest BCUT2D eigenvalue weighted by Crippen LogP contribution is 2.44. The van der Waals surface area contributed by atoms with Gasteiger partial charge in [0.2, 0.25) is 0 Å². The molecule has 2 rings (SSSR count). The van der Waals surface area contributed by atoms with Crippen LogP contribution in [0.15, 0.2) is 24.3 Å². The quantitative estimate of drug-likeness (QED) is 0.815. The molecule has 0 amide bonds. The fraction of sp³-hybridized carbons (Fsp3) is 0.500. The lowest BCUT2D eigenvalue weighted by molar-refractivity contribution is -0.161. The molecule has 0 spiro atoms. The van der Waals surface area contributed by atoms with E-state index in [2.05, 4.69) is 0 Å². The van der Waals surface area contributed by atoms with Crippen molar-refractivity contribution in [2.45, 2.75) is 32.6 Å². The normalized spacial score (nSPS) is 17.2. The van der Waals surface area contributed by atoms with Gasteiger partial charge in [-0.2, -0.15) is 0 Å². The average Bonchev–Trinajstić information content (AvgIpc) is 2.26. The molecule has 17 heavy (non-hydrogen) atoms. The van der Waals surface area contributed by atoms with Crippen molar-refractivity contribution >= 4 is 5.97 Å². The van der Waals surface area contributed by atoms with E-state index in [0.717, 1.165) is 24.8 Å². The highest BCUT2D eigenvalue weighted by atomic mass is 16.5. The number of ether oxygens (including phenoxy) is 1. The van der Waals surface area contributed by atoms with Gasteiger partial charge in [-0.25, -0.2) is 0 Å². The van der Waals surface area contributed by atoms with Crippen molar-refractivity contribution < 1.29 is 14.6 Å². The molecule has 1 saturated carbocycles. The Labute approximate surface area is 101 Å². The number of hydrogen-bond acceptors (Lipinski definition) is 3. The van der Waals surface area contributed by atoms with Crippen LogP contribution < -0.4 is 0 Å². The van der Waals surface area contributed by atoms with Crippen molar-refractivity contribution in [2.24, 2.45) is 5.41 Å². The molecule has 0 aliphatic heterocycles. The van der Waals surface area contributed by atoms with Gasteiger partial charge < -0.3 is 9.84 Å². The van der Waals surface area contributed by atoms with Crippen LogP contribution in [0.4, 0.5) is 0 Å². The predicted octanol–water partition coefficient (Wildman–Crippen LogP) is 2.67. The summed E-state index contributed by atoms with van der Waals surface area (Å²) in [6, 6.07) is 7.06. The van der Waals surface area contributed by atoms with E-state index >= 15 is 0 Å². The van der Waals surface area contributed by atoms with E-state index in [-0.39, 0.29) is 17.1 Å². The maximum Gasteiger partial charge on any atom is 0.312 e. The first-order valence-corrected chi connectivity index (χ1v) is 6.11. The Morgan fingerprint density at radius 1 is 1.35 bits per heavy atom. The summed E-state index contributed by atoms with van der Waals surface area (Å²) in [5.41, 5.74) is 0.767. The predicted molar refractivity (Wildman–Crippen MR) is 64.7 cm³/mol. The second-order valence-corrected chi connectivity index (χ2v) is 4.70. The Morgan fingerprint density at radius 3 is 2.47 bits per heavy atom. The molecule has 1 N–H and O–H groups in total.